The van der Waals surface area contributed by atoms with Crippen molar-refractivity contribution < 1.29 is 9.90 Å². The van der Waals surface area contributed by atoms with Crippen LogP contribution in [0.5, 0.6) is 0 Å². The first-order valence-electron chi connectivity index (χ1n) is 3.58. The molecular weight excluding hydrogens is 128 g/mol. The Morgan fingerprint density at radius 2 is 2.40 bits per heavy atom. The molecular formula is C8H12O2. The lowest BCUT2D eigenvalue weighted by Crippen LogP contribution is -2.14. The van der Waals surface area contributed by atoms with E-state index in [1.54, 1.807) is 6.08 Å². The molecule has 0 amide bonds. The predicted molar refractivity (Wildman–Crippen MR) is 38.5 cm³/mol. The van der Waals surface area contributed by atoms with Gasteiger partial charge in [0.25, 0.3) is 0 Å². The number of hydrogen-bond acceptors (Lipinski definition) is 2. The third-order valence-electron chi connectivity index (χ3n) is 2.00. The molecule has 1 N–H and O–H groups in total. The topological polar surface area (TPSA) is 37.3 Å². The van der Waals surface area contributed by atoms with Gasteiger partial charge in [-0.2, -0.15) is 0 Å². The molecule has 1 aliphatic rings. The number of aliphatic hydroxyl groups excluding tert-OH is 1. The second-order valence-electron chi connectivity index (χ2n) is 2.74. The average Bonchev–Trinajstić information content (AvgIpc) is 2.20. The molecule has 2 heteroatoms. The summed E-state index contributed by atoms with van der Waals surface area (Å²) in [6.45, 7) is 2.12. The highest BCUT2D eigenvalue weighted by molar-refractivity contribution is 5.94. The molecule has 0 saturated heterocycles. The Morgan fingerprint density at radius 1 is 1.70 bits per heavy atom. The molecule has 0 radical (unpaired) electrons. The molecule has 0 aromatic carbocycles. The number of rotatable bonds is 2. The minimum Gasteiger partial charge on any atom is -0.396 e. The average molecular weight is 140 g/mol. The molecule has 0 heterocycles. The van der Waals surface area contributed by atoms with Crippen molar-refractivity contribution in [3.63, 3.8) is 0 Å². The fraction of sp³-hybridized carbons (Fsp3) is 0.625. The Labute approximate surface area is 60.6 Å². The molecule has 0 unspecified atom stereocenters. The molecule has 0 saturated carbocycles. The fourth-order valence-corrected chi connectivity index (χ4v) is 1.31. The first kappa shape index (κ1) is 7.48. The van der Waals surface area contributed by atoms with E-state index in [0.717, 1.165) is 0 Å². The third-order valence-corrected chi connectivity index (χ3v) is 2.00. The minimum atomic E-state index is 0.0463. The summed E-state index contributed by atoms with van der Waals surface area (Å²) in [7, 11) is 0. The molecule has 2 nitrogen and oxygen atoms in total. The van der Waals surface area contributed by atoms with E-state index in [2.05, 4.69) is 0 Å². The predicted octanol–water partition coefficient (Wildman–Crippen LogP) is 0.760. The summed E-state index contributed by atoms with van der Waals surface area (Å²) in [6, 6.07) is 0. The molecule has 0 aromatic heterocycles. The van der Waals surface area contributed by atoms with E-state index in [1.165, 1.54) is 0 Å². The van der Waals surface area contributed by atoms with E-state index in [1.807, 2.05) is 13.0 Å². The van der Waals surface area contributed by atoms with Crippen molar-refractivity contribution in [1.29, 1.82) is 0 Å². The largest absolute Gasteiger partial charge is 0.396 e. The number of hydrogen-bond donors (Lipinski definition) is 1. The number of aliphatic hydroxyl groups is 1. The van der Waals surface area contributed by atoms with Gasteiger partial charge in [0.05, 0.1) is 0 Å². The van der Waals surface area contributed by atoms with Gasteiger partial charge in [-0.05, 0) is 18.4 Å². The van der Waals surface area contributed by atoms with Gasteiger partial charge in [-0.3, -0.25) is 4.79 Å². The number of carbonyl (C=O) groups excluding carboxylic acids is 1. The second kappa shape index (κ2) is 2.97. The Balaban J connectivity index is 2.52. The lowest BCUT2D eigenvalue weighted by Gasteiger charge is -2.10. The summed E-state index contributed by atoms with van der Waals surface area (Å²) in [4.78, 5) is 11.0. The van der Waals surface area contributed by atoms with Crippen molar-refractivity contribution in [1.82, 2.24) is 0 Å². The maximum atomic E-state index is 11.0. The van der Waals surface area contributed by atoms with Crippen molar-refractivity contribution in [2.75, 3.05) is 6.61 Å². The summed E-state index contributed by atoms with van der Waals surface area (Å²) >= 11 is 0. The zero-order valence-corrected chi connectivity index (χ0v) is 6.08. The molecule has 2 atom stereocenters. The number of allylic oxidation sites excluding steroid dienone is 2. The van der Waals surface area contributed by atoms with E-state index in [4.69, 9.17) is 5.11 Å². The second-order valence-corrected chi connectivity index (χ2v) is 2.74. The first-order valence-corrected chi connectivity index (χ1v) is 3.58. The van der Waals surface area contributed by atoms with Gasteiger partial charge in [0.2, 0.25) is 0 Å². The third kappa shape index (κ3) is 1.27. The van der Waals surface area contributed by atoms with Gasteiger partial charge >= 0.3 is 0 Å². The summed E-state index contributed by atoms with van der Waals surface area (Å²) in [5, 5.41) is 8.58. The van der Waals surface area contributed by atoms with Crippen molar-refractivity contribution in [2.24, 2.45) is 11.8 Å². The minimum absolute atomic E-state index is 0.0463. The van der Waals surface area contributed by atoms with Crippen LogP contribution in [0.25, 0.3) is 0 Å². The Hall–Kier alpha value is -0.630. The highest BCUT2D eigenvalue weighted by Crippen LogP contribution is 2.23. The molecule has 0 bridgehead atoms. The van der Waals surface area contributed by atoms with Crippen molar-refractivity contribution >= 4 is 5.78 Å². The molecule has 0 aliphatic heterocycles. The number of ketones is 1. The van der Waals surface area contributed by atoms with Crippen LogP contribution in [0.4, 0.5) is 0 Å². The quantitative estimate of drug-likeness (QED) is 0.614. The van der Waals surface area contributed by atoms with E-state index in [9.17, 15) is 4.79 Å². The van der Waals surface area contributed by atoms with Gasteiger partial charge in [-0.15, -0.1) is 0 Å². The first-order chi connectivity index (χ1) is 4.75. The van der Waals surface area contributed by atoms with Gasteiger partial charge in [-0.1, -0.05) is 13.0 Å². The lowest BCUT2D eigenvalue weighted by atomic mass is 9.94. The van der Waals surface area contributed by atoms with Gasteiger partial charge in [0, 0.05) is 12.5 Å². The standard InChI is InChI=1S/C8H12O2/c1-6-2-3-8(10)7(6)4-5-9/h2-3,6-7,9H,4-5H2,1H3/t6-,7-/m1/s1. The van der Waals surface area contributed by atoms with Crippen LogP contribution in [0.1, 0.15) is 13.3 Å². The molecule has 0 aromatic rings. The fourth-order valence-electron chi connectivity index (χ4n) is 1.31. The zero-order chi connectivity index (χ0) is 7.56. The Morgan fingerprint density at radius 3 is 2.80 bits per heavy atom. The molecule has 10 heavy (non-hydrogen) atoms. The highest BCUT2D eigenvalue weighted by atomic mass is 16.3. The molecule has 56 valence electrons. The van der Waals surface area contributed by atoms with Crippen molar-refractivity contribution in [3.8, 4) is 0 Å². The van der Waals surface area contributed by atoms with Crippen LogP contribution in [0.2, 0.25) is 0 Å². The lowest BCUT2D eigenvalue weighted by molar-refractivity contribution is -0.118. The van der Waals surface area contributed by atoms with E-state index in [0.29, 0.717) is 12.3 Å². The Kier molecular flexibility index (Phi) is 2.22. The van der Waals surface area contributed by atoms with Gasteiger partial charge in [-0.25, -0.2) is 0 Å². The van der Waals surface area contributed by atoms with E-state index in [-0.39, 0.29) is 18.3 Å². The summed E-state index contributed by atoms with van der Waals surface area (Å²) < 4.78 is 0. The van der Waals surface area contributed by atoms with Crippen LogP contribution in [0.15, 0.2) is 12.2 Å². The molecule has 1 rings (SSSR count). The van der Waals surface area contributed by atoms with Gasteiger partial charge < -0.3 is 5.11 Å². The van der Waals surface area contributed by atoms with Crippen LogP contribution in [-0.4, -0.2) is 17.5 Å². The molecule has 0 fully saturated rings. The normalized spacial score (nSPS) is 31.6. The molecule has 1 aliphatic carbocycles. The zero-order valence-electron chi connectivity index (χ0n) is 6.08. The van der Waals surface area contributed by atoms with Crippen LogP contribution in [0.3, 0.4) is 0 Å². The molecule has 0 spiro atoms. The Bertz CT molecular complexity index is 161. The van der Waals surface area contributed by atoms with Crippen LogP contribution in [-0.2, 0) is 4.79 Å². The van der Waals surface area contributed by atoms with Crippen LogP contribution in [0, 0.1) is 11.8 Å². The van der Waals surface area contributed by atoms with Crippen LogP contribution < -0.4 is 0 Å². The van der Waals surface area contributed by atoms with Gasteiger partial charge in [0.1, 0.15) is 0 Å². The van der Waals surface area contributed by atoms with Crippen LogP contribution >= 0.6 is 0 Å². The van der Waals surface area contributed by atoms with Crippen molar-refractivity contribution in [2.45, 2.75) is 13.3 Å². The monoisotopic (exact) mass is 140 g/mol. The maximum absolute atomic E-state index is 11.0. The van der Waals surface area contributed by atoms with E-state index < -0.39 is 0 Å². The maximum Gasteiger partial charge on any atom is 0.159 e. The van der Waals surface area contributed by atoms with E-state index >= 15 is 0 Å². The highest BCUT2D eigenvalue weighted by Gasteiger charge is 2.25. The smallest absolute Gasteiger partial charge is 0.159 e. The SMILES string of the molecule is C[C@@H]1C=CC(=O)[C@@H]1CCO. The van der Waals surface area contributed by atoms with Crippen molar-refractivity contribution in [3.05, 3.63) is 12.2 Å². The number of carbonyl (C=O) groups is 1. The summed E-state index contributed by atoms with van der Waals surface area (Å²) in [5.74, 6) is 0.534. The summed E-state index contributed by atoms with van der Waals surface area (Å²) in [5.41, 5.74) is 0. The van der Waals surface area contributed by atoms with Gasteiger partial charge in [0.15, 0.2) is 5.78 Å². The summed E-state index contributed by atoms with van der Waals surface area (Å²) in [6.07, 6.45) is 4.13.